The van der Waals surface area contributed by atoms with Gasteiger partial charge in [-0.15, -0.1) is 0 Å². The Morgan fingerprint density at radius 2 is 1.62 bits per heavy atom. The molecule has 1 aromatic rings. The number of hydrogen-bond donors (Lipinski definition) is 0. The van der Waals surface area contributed by atoms with Crippen molar-refractivity contribution in [2.45, 2.75) is 0 Å². The van der Waals surface area contributed by atoms with Gasteiger partial charge in [-0.05, 0) is 24.3 Å². The molecule has 1 nitrogen and oxygen atoms in total. The van der Waals surface area contributed by atoms with Crippen LogP contribution in [0.5, 0.6) is 5.75 Å². The van der Waals surface area contributed by atoms with E-state index >= 15 is 0 Å². The van der Waals surface area contributed by atoms with Crippen LogP contribution in [0.1, 0.15) is 0 Å². The predicted octanol–water partition coefficient (Wildman–Crippen LogP) is 1.97. The third-order valence-corrected chi connectivity index (χ3v) is 0.814. The minimum atomic E-state index is -0.371. The standard InChI is InChI=1S/C6H4FO/c7-5-1-3-6(8)4-2-5/h1-4H. The fourth-order valence-electron chi connectivity index (χ4n) is 0.435. The largest absolute Gasteiger partial charge is 0.290 e. The molecule has 1 radical (unpaired) electrons. The Morgan fingerprint density at radius 1 is 1.12 bits per heavy atom. The maximum Gasteiger partial charge on any atom is 0.178 e. The van der Waals surface area contributed by atoms with E-state index in [1.807, 2.05) is 0 Å². The van der Waals surface area contributed by atoms with Crippen LogP contribution in [0.4, 0.5) is 4.39 Å². The van der Waals surface area contributed by atoms with Gasteiger partial charge in [0.25, 0.3) is 0 Å². The Labute approximate surface area is 46.4 Å². The second-order valence-electron chi connectivity index (χ2n) is 1.45. The van der Waals surface area contributed by atoms with Crippen LogP contribution >= 0.6 is 0 Å². The third-order valence-electron chi connectivity index (χ3n) is 0.814. The van der Waals surface area contributed by atoms with Gasteiger partial charge < -0.3 is 0 Å². The molecule has 0 saturated carbocycles. The highest BCUT2D eigenvalue weighted by Crippen LogP contribution is 2.07. The van der Waals surface area contributed by atoms with Gasteiger partial charge in [-0.3, -0.25) is 5.11 Å². The van der Waals surface area contributed by atoms with E-state index in [2.05, 4.69) is 0 Å². The molecule has 0 aliphatic heterocycles. The molecule has 0 heterocycles. The van der Waals surface area contributed by atoms with Gasteiger partial charge in [-0.25, -0.2) is 4.39 Å². The van der Waals surface area contributed by atoms with Crippen molar-refractivity contribution < 1.29 is 9.50 Å². The maximum absolute atomic E-state index is 11.9. The molecule has 0 fully saturated rings. The van der Waals surface area contributed by atoms with Crippen molar-refractivity contribution in [3.63, 3.8) is 0 Å². The smallest absolute Gasteiger partial charge is 0.178 e. The minimum absolute atomic E-state index is 0.161. The molecule has 0 aromatic heterocycles. The molecule has 0 atom stereocenters. The Bertz CT molecular complexity index is 147. The van der Waals surface area contributed by atoms with Crippen molar-refractivity contribution >= 4 is 0 Å². The second-order valence-corrected chi connectivity index (χ2v) is 1.45. The summed E-state index contributed by atoms with van der Waals surface area (Å²) in [7, 11) is 0. The molecule has 0 spiro atoms. The van der Waals surface area contributed by atoms with Gasteiger partial charge in [0.2, 0.25) is 0 Å². The molecule has 0 aliphatic rings. The quantitative estimate of drug-likeness (QED) is 0.487. The van der Waals surface area contributed by atoms with Gasteiger partial charge in [-0.2, -0.15) is 0 Å². The average molecular weight is 111 g/mol. The fourth-order valence-corrected chi connectivity index (χ4v) is 0.435. The predicted molar refractivity (Wildman–Crippen MR) is 26.5 cm³/mol. The van der Waals surface area contributed by atoms with Gasteiger partial charge in [0, 0.05) is 0 Å². The molecule has 41 valence electrons. The van der Waals surface area contributed by atoms with E-state index in [9.17, 15) is 9.50 Å². The Balaban J connectivity index is 3.03. The lowest BCUT2D eigenvalue weighted by atomic mass is 10.3. The molecule has 0 N–H and O–H groups in total. The van der Waals surface area contributed by atoms with Crippen LogP contribution in [0.2, 0.25) is 0 Å². The molecule has 2 heteroatoms. The van der Waals surface area contributed by atoms with Crippen LogP contribution in [0.25, 0.3) is 0 Å². The van der Waals surface area contributed by atoms with E-state index in [4.69, 9.17) is 0 Å². The minimum Gasteiger partial charge on any atom is -0.290 e. The zero-order chi connectivity index (χ0) is 5.98. The first-order valence-corrected chi connectivity index (χ1v) is 2.21. The van der Waals surface area contributed by atoms with Crippen LogP contribution in [-0.2, 0) is 5.11 Å². The second kappa shape index (κ2) is 1.82. The topological polar surface area (TPSA) is 19.9 Å². The first-order valence-electron chi connectivity index (χ1n) is 2.21. The molecular formula is C6H4FO. The SMILES string of the molecule is [O]c1ccc(F)cc1. The van der Waals surface area contributed by atoms with E-state index in [1.165, 1.54) is 12.1 Å². The number of hydrogen-bond acceptors (Lipinski definition) is 0. The highest BCUT2D eigenvalue weighted by Gasteiger charge is 1.87. The lowest BCUT2D eigenvalue weighted by Gasteiger charge is -1.83. The highest BCUT2D eigenvalue weighted by molar-refractivity contribution is 5.19. The van der Waals surface area contributed by atoms with E-state index in [-0.39, 0.29) is 11.6 Å². The molecule has 8 heavy (non-hydrogen) atoms. The molecular weight excluding hydrogens is 107 g/mol. The first kappa shape index (κ1) is 5.09. The first-order chi connectivity index (χ1) is 3.79. The zero-order valence-electron chi connectivity index (χ0n) is 4.10. The van der Waals surface area contributed by atoms with Gasteiger partial charge >= 0.3 is 0 Å². The summed E-state index contributed by atoms with van der Waals surface area (Å²) in [5.74, 6) is -0.531. The summed E-state index contributed by atoms with van der Waals surface area (Å²) in [6, 6.07) is 4.66. The van der Waals surface area contributed by atoms with Gasteiger partial charge in [0.15, 0.2) is 5.75 Å². The van der Waals surface area contributed by atoms with E-state index in [0.29, 0.717) is 0 Å². The zero-order valence-corrected chi connectivity index (χ0v) is 4.10. The summed E-state index contributed by atoms with van der Waals surface area (Å²) >= 11 is 0. The van der Waals surface area contributed by atoms with Crippen LogP contribution in [0.15, 0.2) is 24.3 Å². The average Bonchev–Trinajstić information content (AvgIpc) is 1.77. The van der Waals surface area contributed by atoms with E-state index < -0.39 is 0 Å². The summed E-state index contributed by atoms with van der Waals surface area (Å²) in [4.78, 5) is 0. The number of benzene rings is 1. The summed E-state index contributed by atoms with van der Waals surface area (Å²) in [5.41, 5.74) is 0. The Kier molecular flexibility index (Phi) is 1.16. The molecule has 0 amide bonds. The fraction of sp³-hybridized carbons (Fsp3) is 0. The van der Waals surface area contributed by atoms with Crippen molar-refractivity contribution in [3.8, 4) is 5.75 Å². The summed E-state index contributed by atoms with van der Waals surface area (Å²) in [6.45, 7) is 0. The molecule has 0 unspecified atom stereocenters. The molecule has 0 aliphatic carbocycles. The van der Waals surface area contributed by atoms with Crippen molar-refractivity contribution in [1.29, 1.82) is 0 Å². The Morgan fingerprint density at radius 3 is 2.00 bits per heavy atom. The third kappa shape index (κ3) is 0.964. The van der Waals surface area contributed by atoms with Crippen molar-refractivity contribution in [3.05, 3.63) is 30.1 Å². The maximum atomic E-state index is 11.9. The van der Waals surface area contributed by atoms with Gasteiger partial charge in [0.05, 0.1) is 0 Å². The van der Waals surface area contributed by atoms with Crippen LogP contribution in [0, 0.1) is 5.82 Å². The van der Waals surface area contributed by atoms with Gasteiger partial charge in [0.1, 0.15) is 5.82 Å². The lowest BCUT2D eigenvalue weighted by molar-refractivity contribution is 0.354. The van der Waals surface area contributed by atoms with Crippen molar-refractivity contribution in [1.82, 2.24) is 0 Å². The van der Waals surface area contributed by atoms with E-state index in [1.54, 1.807) is 0 Å². The Hall–Kier alpha value is -1.05. The monoisotopic (exact) mass is 111 g/mol. The van der Waals surface area contributed by atoms with Crippen LogP contribution in [-0.4, -0.2) is 0 Å². The summed E-state index contributed by atoms with van der Waals surface area (Å²) < 4.78 is 11.9. The molecule has 1 rings (SSSR count). The van der Waals surface area contributed by atoms with Gasteiger partial charge in [-0.1, -0.05) is 0 Å². The normalized spacial score (nSPS) is 9.12. The lowest BCUT2D eigenvalue weighted by Crippen LogP contribution is -1.66. The van der Waals surface area contributed by atoms with E-state index in [0.717, 1.165) is 12.1 Å². The van der Waals surface area contributed by atoms with Crippen LogP contribution in [0.3, 0.4) is 0 Å². The van der Waals surface area contributed by atoms with Crippen molar-refractivity contribution in [2.75, 3.05) is 0 Å². The van der Waals surface area contributed by atoms with Crippen molar-refractivity contribution in [2.24, 2.45) is 0 Å². The molecule has 1 aromatic carbocycles. The highest BCUT2D eigenvalue weighted by atomic mass is 19.1. The molecule has 0 saturated heterocycles. The summed E-state index contributed by atoms with van der Waals surface area (Å²) in [5, 5.41) is 10.3. The molecule has 0 bridgehead atoms. The number of halogens is 1. The van der Waals surface area contributed by atoms with Crippen LogP contribution < -0.4 is 0 Å². The number of rotatable bonds is 0. The summed E-state index contributed by atoms with van der Waals surface area (Å²) in [6.07, 6.45) is 0.